The fraction of sp³-hybridized carbons (Fsp3) is 0.520. The number of ether oxygens (including phenoxy) is 3. The van der Waals surface area contributed by atoms with Crippen molar-refractivity contribution in [2.75, 3.05) is 6.54 Å². The summed E-state index contributed by atoms with van der Waals surface area (Å²) in [6.07, 6.45) is -4.83. The van der Waals surface area contributed by atoms with Gasteiger partial charge in [-0.05, 0) is 48.8 Å². The molecule has 2 N–H and O–H groups in total. The third-order valence-electron chi connectivity index (χ3n) is 5.78. The first-order chi connectivity index (χ1) is 17.0. The first kappa shape index (κ1) is 27.7. The first-order valence-electron chi connectivity index (χ1n) is 11.8. The molecular weight excluding hydrogens is 486 g/mol. The molecule has 198 valence electrons. The van der Waals surface area contributed by atoms with Crippen molar-refractivity contribution < 1.29 is 46.5 Å². The molecule has 7 nitrogen and oxygen atoms in total. The van der Waals surface area contributed by atoms with Gasteiger partial charge in [-0.1, -0.05) is 38.3 Å². The number of fused-ring (bicyclic) bond motifs is 1. The van der Waals surface area contributed by atoms with Gasteiger partial charge in [0.25, 0.3) is 5.91 Å². The van der Waals surface area contributed by atoms with Crippen LogP contribution in [0.1, 0.15) is 67.5 Å². The van der Waals surface area contributed by atoms with Crippen LogP contribution in [0, 0.1) is 0 Å². The average Bonchev–Trinajstić information content (AvgIpc) is 2.81. The van der Waals surface area contributed by atoms with Crippen LogP contribution in [0.5, 0.6) is 0 Å². The Bertz CT molecular complexity index is 979. The summed E-state index contributed by atoms with van der Waals surface area (Å²) in [6.45, 7) is 2.08. The molecule has 1 aliphatic heterocycles. The highest BCUT2D eigenvalue weighted by atomic mass is 19.3. The molecular formula is C25H29F4NO6. The number of carboxylic acid groups (broad SMARTS) is 1. The smallest absolute Gasteiger partial charge is 0.449 e. The van der Waals surface area contributed by atoms with E-state index in [4.69, 9.17) is 9.84 Å². The Morgan fingerprint density at radius 1 is 1.06 bits per heavy atom. The lowest BCUT2D eigenvalue weighted by Crippen LogP contribution is -2.57. The summed E-state index contributed by atoms with van der Waals surface area (Å²) in [7, 11) is 0. The number of hydrogen-bond acceptors (Lipinski definition) is 5. The lowest BCUT2D eigenvalue weighted by molar-refractivity contribution is -0.479. The largest absolute Gasteiger partial charge is 0.486 e. The maximum Gasteiger partial charge on any atom is 0.449 e. The van der Waals surface area contributed by atoms with Gasteiger partial charge >= 0.3 is 18.2 Å². The van der Waals surface area contributed by atoms with E-state index in [0.29, 0.717) is 12.0 Å². The van der Waals surface area contributed by atoms with E-state index in [1.165, 1.54) is 18.2 Å². The van der Waals surface area contributed by atoms with Crippen molar-refractivity contribution in [1.29, 1.82) is 0 Å². The zero-order valence-electron chi connectivity index (χ0n) is 19.7. The molecule has 36 heavy (non-hydrogen) atoms. The molecule has 0 bridgehead atoms. The molecule has 1 heterocycles. The minimum atomic E-state index is -4.78. The molecule has 0 radical (unpaired) electrons. The van der Waals surface area contributed by atoms with Crippen LogP contribution in [0.2, 0.25) is 0 Å². The van der Waals surface area contributed by atoms with Crippen molar-refractivity contribution in [3.63, 3.8) is 0 Å². The van der Waals surface area contributed by atoms with Crippen LogP contribution in [-0.4, -0.2) is 48.0 Å². The molecule has 1 aliphatic carbocycles. The number of aliphatic carboxylic acids is 1. The molecule has 1 aromatic rings. The van der Waals surface area contributed by atoms with E-state index >= 15 is 0 Å². The fourth-order valence-corrected chi connectivity index (χ4v) is 3.83. The van der Waals surface area contributed by atoms with Crippen LogP contribution in [0.25, 0.3) is 0 Å². The van der Waals surface area contributed by atoms with Gasteiger partial charge in [0.2, 0.25) is 0 Å². The van der Waals surface area contributed by atoms with Crippen LogP contribution in [0.15, 0.2) is 48.3 Å². The molecule has 1 aromatic carbocycles. The Hall–Kier alpha value is -2.92. The number of benzene rings is 1. The van der Waals surface area contributed by atoms with Gasteiger partial charge in [0.05, 0.1) is 6.42 Å². The van der Waals surface area contributed by atoms with Crippen molar-refractivity contribution in [1.82, 2.24) is 5.32 Å². The molecule has 0 spiro atoms. The molecule has 11 heteroatoms. The number of amides is 1. The van der Waals surface area contributed by atoms with Crippen LogP contribution in [0.4, 0.5) is 17.6 Å². The molecule has 3 rings (SSSR count). The lowest BCUT2D eigenvalue weighted by atomic mass is 10.00. The standard InChI is InChI=1S/C25H29F4NO6/c1-2-3-4-5-6-19(16-7-9-17(10-8-16)23(33)30-14-13-22(31)32)34-18-11-12-20-21(15-18)36-25(28,29)24(26,27)35-20/h7-12,15,19-21H,2-6,13-14H2,1H3,(H,30,33)(H,31,32). The third kappa shape index (κ3) is 7.07. The van der Waals surface area contributed by atoms with E-state index in [2.05, 4.69) is 21.7 Å². The highest BCUT2D eigenvalue weighted by Crippen LogP contribution is 2.44. The second-order valence-electron chi connectivity index (χ2n) is 8.60. The van der Waals surface area contributed by atoms with Gasteiger partial charge in [0.15, 0.2) is 0 Å². The van der Waals surface area contributed by atoms with Crippen molar-refractivity contribution in [3.05, 3.63) is 59.4 Å². The molecule has 1 fully saturated rings. The average molecular weight is 516 g/mol. The maximum atomic E-state index is 13.6. The normalized spacial score (nSPS) is 22.8. The first-order valence-corrected chi connectivity index (χ1v) is 11.8. The number of carbonyl (C=O) groups excluding carboxylic acids is 1. The second kappa shape index (κ2) is 11.9. The zero-order valence-corrected chi connectivity index (χ0v) is 19.7. The lowest BCUT2D eigenvalue weighted by Gasteiger charge is -2.39. The maximum absolute atomic E-state index is 13.6. The van der Waals surface area contributed by atoms with Gasteiger partial charge in [-0.3, -0.25) is 9.59 Å². The number of unbranched alkanes of at least 4 members (excludes halogenated alkanes) is 3. The number of nitrogens with one attached hydrogen (secondary N) is 1. The predicted octanol–water partition coefficient (Wildman–Crippen LogP) is 5.34. The minimum absolute atomic E-state index is 0.00149. The summed E-state index contributed by atoms with van der Waals surface area (Å²) < 4.78 is 68.7. The SMILES string of the molecule is CCCCCCC(OC1=CC2OC(F)(F)C(F)(F)OC2C=C1)c1ccc(C(=O)NCCC(=O)O)cc1. The van der Waals surface area contributed by atoms with Crippen molar-refractivity contribution in [2.45, 2.75) is 76.0 Å². The molecule has 1 amide bonds. The van der Waals surface area contributed by atoms with E-state index in [0.717, 1.165) is 31.2 Å². The topological polar surface area (TPSA) is 94.1 Å². The molecule has 0 aromatic heterocycles. The molecule has 3 atom stereocenters. The summed E-state index contributed by atoms with van der Waals surface area (Å²) >= 11 is 0. The van der Waals surface area contributed by atoms with Gasteiger partial charge in [-0.15, -0.1) is 0 Å². The van der Waals surface area contributed by atoms with Gasteiger partial charge in [-0.25, -0.2) is 0 Å². The van der Waals surface area contributed by atoms with Crippen molar-refractivity contribution >= 4 is 11.9 Å². The Morgan fingerprint density at radius 2 is 1.72 bits per heavy atom. The zero-order chi connectivity index (χ0) is 26.3. The summed E-state index contributed by atoms with van der Waals surface area (Å²) in [5.41, 5.74) is 1.06. The number of allylic oxidation sites excluding steroid dienone is 1. The van der Waals surface area contributed by atoms with Crippen molar-refractivity contribution in [3.8, 4) is 0 Å². The van der Waals surface area contributed by atoms with Gasteiger partial charge in [0, 0.05) is 12.1 Å². The highest BCUT2D eigenvalue weighted by Gasteiger charge is 2.66. The van der Waals surface area contributed by atoms with E-state index in [1.807, 2.05) is 0 Å². The number of halogens is 4. The number of hydrogen-bond donors (Lipinski definition) is 2. The summed E-state index contributed by atoms with van der Waals surface area (Å²) in [5, 5.41) is 11.2. The molecule has 1 saturated heterocycles. The van der Waals surface area contributed by atoms with Gasteiger partial charge < -0.3 is 24.6 Å². The minimum Gasteiger partial charge on any atom is -0.486 e. The van der Waals surface area contributed by atoms with Crippen LogP contribution < -0.4 is 5.32 Å². The molecule has 3 unspecified atom stereocenters. The predicted molar refractivity (Wildman–Crippen MR) is 120 cm³/mol. The van der Waals surface area contributed by atoms with Crippen molar-refractivity contribution in [2.24, 2.45) is 0 Å². The van der Waals surface area contributed by atoms with Gasteiger partial charge in [-0.2, -0.15) is 17.6 Å². The highest BCUT2D eigenvalue weighted by molar-refractivity contribution is 5.94. The number of carbonyl (C=O) groups is 2. The fourth-order valence-electron chi connectivity index (χ4n) is 3.83. The Morgan fingerprint density at radius 3 is 2.36 bits per heavy atom. The monoisotopic (exact) mass is 515 g/mol. The summed E-state index contributed by atoms with van der Waals surface area (Å²) in [5.74, 6) is -1.26. The van der Waals surface area contributed by atoms with E-state index < -0.39 is 42.4 Å². The number of rotatable bonds is 12. The third-order valence-corrected chi connectivity index (χ3v) is 5.78. The molecule has 0 saturated carbocycles. The molecule has 2 aliphatic rings. The Labute approximate surface area is 206 Å². The van der Waals surface area contributed by atoms with E-state index in [-0.39, 0.29) is 18.7 Å². The van der Waals surface area contributed by atoms with Crippen LogP contribution in [-0.2, 0) is 19.0 Å². The van der Waals surface area contributed by atoms with Crippen LogP contribution >= 0.6 is 0 Å². The summed E-state index contributed by atoms with van der Waals surface area (Å²) in [4.78, 5) is 22.8. The Balaban J connectivity index is 1.70. The van der Waals surface area contributed by atoms with E-state index in [1.54, 1.807) is 24.3 Å². The number of carboxylic acids is 1. The quantitative estimate of drug-likeness (QED) is 0.288. The Kier molecular flexibility index (Phi) is 9.13. The van der Waals surface area contributed by atoms with Gasteiger partial charge in [0.1, 0.15) is 24.1 Å². The van der Waals surface area contributed by atoms with E-state index in [9.17, 15) is 27.2 Å². The second-order valence-corrected chi connectivity index (χ2v) is 8.60. The summed E-state index contributed by atoms with van der Waals surface area (Å²) in [6, 6.07) is 6.55. The van der Waals surface area contributed by atoms with Crippen LogP contribution in [0.3, 0.4) is 0 Å². The number of alkyl halides is 4.